The van der Waals surface area contributed by atoms with Crippen molar-refractivity contribution in [2.24, 2.45) is 0 Å². The minimum absolute atomic E-state index is 0.102. The van der Waals surface area contributed by atoms with Crippen molar-refractivity contribution < 1.29 is 45.5 Å². The van der Waals surface area contributed by atoms with E-state index in [-0.39, 0.29) is 43.6 Å². The summed E-state index contributed by atoms with van der Waals surface area (Å²) in [6, 6.07) is 2.14. The first-order valence-electron chi connectivity index (χ1n) is 9.78. The van der Waals surface area contributed by atoms with Crippen LogP contribution in [0.2, 0.25) is 5.02 Å². The molecule has 2 aromatic carbocycles. The number of imide groups is 2. The summed E-state index contributed by atoms with van der Waals surface area (Å²) in [7, 11) is 0. The number of nitrogens with zero attached hydrogens (tertiary/aromatic N) is 2. The molecule has 0 fully saturated rings. The SMILES string of the molecule is Cc1cc2c3c(c(Cl)cc4c3c1C(=O)N(CCC(F)(F)F)C4=O)C(=O)N(CCC(F)(F)F)C2=O. The van der Waals surface area contributed by atoms with Gasteiger partial charge in [0.05, 0.1) is 34.6 Å². The van der Waals surface area contributed by atoms with Crippen LogP contribution in [-0.2, 0) is 0 Å². The molecule has 0 radical (unpaired) electrons. The van der Waals surface area contributed by atoms with Gasteiger partial charge < -0.3 is 0 Å². The third-order valence-electron chi connectivity index (χ3n) is 5.66. The monoisotopic (exact) mass is 506 g/mol. The highest BCUT2D eigenvalue weighted by molar-refractivity contribution is 6.41. The van der Waals surface area contributed by atoms with Gasteiger partial charge in [-0.25, -0.2) is 0 Å². The number of hydrogen-bond acceptors (Lipinski definition) is 4. The van der Waals surface area contributed by atoms with Crippen LogP contribution in [0.3, 0.4) is 0 Å². The van der Waals surface area contributed by atoms with Crippen LogP contribution < -0.4 is 0 Å². The lowest BCUT2D eigenvalue weighted by Crippen LogP contribution is -2.45. The van der Waals surface area contributed by atoms with Crippen molar-refractivity contribution in [3.05, 3.63) is 45.0 Å². The minimum Gasteiger partial charge on any atom is -0.274 e. The molecule has 0 saturated carbocycles. The molecule has 0 bridgehead atoms. The maximum Gasteiger partial charge on any atom is 0.390 e. The fourth-order valence-electron chi connectivity index (χ4n) is 4.19. The van der Waals surface area contributed by atoms with Crippen LogP contribution in [0.25, 0.3) is 10.8 Å². The predicted molar refractivity (Wildman–Crippen MR) is 106 cm³/mol. The Morgan fingerprint density at radius 3 is 1.59 bits per heavy atom. The first-order chi connectivity index (χ1) is 15.6. The van der Waals surface area contributed by atoms with Gasteiger partial charge in [0.15, 0.2) is 0 Å². The third kappa shape index (κ3) is 3.79. The van der Waals surface area contributed by atoms with E-state index in [0.717, 1.165) is 12.1 Å². The molecule has 34 heavy (non-hydrogen) atoms. The van der Waals surface area contributed by atoms with Crippen molar-refractivity contribution in [1.82, 2.24) is 9.80 Å². The van der Waals surface area contributed by atoms with E-state index in [1.54, 1.807) is 0 Å². The fourth-order valence-corrected chi connectivity index (χ4v) is 4.47. The van der Waals surface area contributed by atoms with Crippen LogP contribution in [0.15, 0.2) is 12.1 Å². The van der Waals surface area contributed by atoms with Crippen LogP contribution in [0.4, 0.5) is 26.3 Å². The van der Waals surface area contributed by atoms with E-state index in [2.05, 4.69) is 0 Å². The van der Waals surface area contributed by atoms with E-state index in [1.807, 2.05) is 0 Å². The van der Waals surface area contributed by atoms with Crippen molar-refractivity contribution >= 4 is 46.0 Å². The van der Waals surface area contributed by atoms with E-state index in [9.17, 15) is 45.5 Å². The Balaban J connectivity index is 1.91. The zero-order chi connectivity index (χ0) is 25.3. The average molecular weight is 507 g/mol. The van der Waals surface area contributed by atoms with Crippen molar-refractivity contribution in [3.8, 4) is 0 Å². The van der Waals surface area contributed by atoms with Gasteiger partial charge in [-0.3, -0.25) is 29.0 Å². The summed E-state index contributed by atoms with van der Waals surface area (Å²) >= 11 is 6.19. The largest absolute Gasteiger partial charge is 0.390 e. The molecule has 13 heteroatoms. The molecular formula is C21H13ClF6N2O4. The van der Waals surface area contributed by atoms with Crippen molar-refractivity contribution in [1.29, 1.82) is 0 Å². The molecule has 6 nitrogen and oxygen atoms in total. The molecular weight excluding hydrogens is 494 g/mol. The van der Waals surface area contributed by atoms with Crippen molar-refractivity contribution in [3.63, 3.8) is 0 Å². The maximum absolute atomic E-state index is 13.0. The highest BCUT2D eigenvalue weighted by Crippen LogP contribution is 2.43. The van der Waals surface area contributed by atoms with E-state index in [0.29, 0.717) is 9.80 Å². The second-order valence-corrected chi connectivity index (χ2v) is 8.31. The molecule has 180 valence electrons. The molecule has 0 atom stereocenters. The normalized spacial score (nSPS) is 16.2. The number of halogens is 7. The third-order valence-corrected chi connectivity index (χ3v) is 5.96. The number of carbonyl (C=O) groups excluding carboxylic acids is 4. The fraction of sp³-hybridized carbons (Fsp3) is 0.333. The summed E-state index contributed by atoms with van der Waals surface area (Å²) in [5, 5.41) is -0.699. The maximum atomic E-state index is 13.0. The first-order valence-corrected chi connectivity index (χ1v) is 10.2. The number of aryl methyl sites for hydroxylation is 1. The molecule has 4 amide bonds. The van der Waals surface area contributed by atoms with Gasteiger partial charge in [0.1, 0.15) is 0 Å². The zero-order valence-corrected chi connectivity index (χ0v) is 17.9. The molecule has 2 aliphatic heterocycles. The van der Waals surface area contributed by atoms with E-state index < -0.39 is 61.9 Å². The summed E-state index contributed by atoms with van der Waals surface area (Å²) in [4.78, 5) is 52.7. The number of amides is 4. The number of alkyl halides is 6. The minimum atomic E-state index is -4.65. The highest BCUT2D eigenvalue weighted by Gasteiger charge is 2.43. The van der Waals surface area contributed by atoms with E-state index in [1.165, 1.54) is 6.92 Å². The average Bonchev–Trinajstić information content (AvgIpc) is 2.69. The summed E-state index contributed by atoms with van der Waals surface area (Å²) in [5.74, 6) is -4.33. The topological polar surface area (TPSA) is 74.8 Å². The standard InChI is InChI=1S/C21H13ClF6N2O4/c1-8-6-9-14-13-10(17(32)29(18(33)12(8)13)4-2-20(23,24)25)7-11(22)15(14)19(34)30(16(9)31)5-3-21(26,27)28/h6-7H,2-5H2,1H3. The van der Waals surface area contributed by atoms with Gasteiger partial charge in [-0.2, -0.15) is 26.3 Å². The van der Waals surface area contributed by atoms with Crippen molar-refractivity contribution in [2.45, 2.75) is 32.1 Å². The van der Waals surface area contributed by atoms with Crippen LogP contribution in [0, 0.1) is 6.92 Å². The van der Waals surface area contributed by atoms with Crippen LogP contribution in [0.5, 0.6) is 0 Å². The lowest BCUT2D eigenvalue weighted by Gasteiger charge is -2.33. The molecule has 0 spiro atoms. The van der Waals surface area contributed by atoms with Gasteiger partial charge in [0.2, 0.25) is 0 Å². The molecule has 0 aliphatic carbocycles. The summed E-state index contributed by atoms with van der Waals surface area (Å²) in [5.41, 5.74) is -0.957. The van der Waals surface area contributed by atoms with Gasteiger partial charge in [-0.1, -0.05) is 11.6 Å². The molecule has 2 aromatic rings. The van der Waals surface area contributed by atoms with Crippen molar-refractivity contribution in [2.75, 3.05) is 13.1 Å². The zero-order valence-electron chi connectivity index (χ0n) is 17.2. The Hall–Kier alpha value is -3.15. The quantitative estimate of drug-likeness (QED) is 0.437. The van der Waals surface area contributed by atoms with Gasteiger partial charge in [-0.05, 0) is 24.6 Å². The molecule has 0 aromatic heterocycles. The lowest BCUT2D eigenvalue weighted by atomic mass is 9.83. The van der Waals surface area contributed by atoms with Gasteiger partial charge in [0, 0.05) is 29.4 Å². The Kier molecular flexibility index (Phi) is 5.42. The molecule has 2 heterocycles. The van der Waals surface area contributed by atoms with E-state index in [4.69, 9.17) is 11.6 Å². The predicted octanol–water partition coefficient (Wildman–Crippen LogP) is 4.90. The molecule has 0 unspecified atom stereocenters. The van der Waals surface area contributed by atoms with Crippen LogP contribution in [0.1, 0.15) is 59.8 Å². The van der Waals surface area contributed by atoms with E-state index >= 15 is 0 Å². The number of carbonyl (C=O) groups is 4. The second-order valence-electron chi connectivity index (χ2n) is 7.90. The van der Waals surface area contributed by atoms with Gasteiger partial charge in [-0.15, -0.1) is 0 Å². The summed E-state index contributed by atoms with van der Waals surface area (Å²) in [6.45, 7) is -0.557. The molecule has 0 saturated heterocycles. The second kappa shape index (κ2) is 7.69. The molecule has 2 aliphatic rings. The smallest absolute Gasteiger partial charge is 0.274 e. The van der Waals surface area contributed by atoms with Crippen LogP contribution >= 0.6 is 11.6 Å². The summed E-state index contributed by atoms with van der Waals surface area (Å²) < 4.78 is 76.4. The van der Waals surface area contributed by atoms with Gasteiger partial charge in [0.25, 0.3) is 23.6 Å². The number of rotatable bonds is 4. The molecule has 4 rings (SSSR count). The highest BCUT2D eigenvalue weighted by atomic mass is 35.5. The number of hydrogen-bond donors (Lipinski definition) is 0. The Labute approximate surface area is 192 Å². The van der Waals surface area contributed by atoms with Crippen LogP contribution in [-0.4, -0.2) is 58.9 Å². The first kappa shape index (κ1) is 24.0. The number of benzene rings is 2. The Bertz CT molecular complexity index is 1200. The summed E-state index contributed by atoms with van der Waals surface area (Å²) in [6.07, 6.45) is -12.2. The molecule has 0 N–H and O–H groups in total. The Morgan fingerprint density at radius 2 is 1.12 bits per heavy atom. The Morgan fingerprint density at radius 1 is 0.706 bits per heavy atom. The lowest BCUT2D eigenvalue weighted by molar-refractivity contribution is -0.136. The van der Waals surface area contributed by atoms with Gasteiger partial charge >= 0.3 is 12.4 Å².